The first-order chi connectivity index (χ1) is 8.20. The van der Waals surface area contributed by atoms with Gasteiger partial charge in [0, 0.05) is 18.4 Å². The highest BCUT2D eigenvalue weighted by Gasteiger charge is 2.33. The minimum Gasteiger partial charge on any atom is -0.481 e. The molecule has 1 atom stereocenters. The first-order valence-electron chi connectivity index (χ1n) is 5.46. The molecular formula is C10H16N2O5S. The molecule has 0 radical (unpaired) electrons. The minimum absolute atomic E-state index is 0.0125. The lowest BCUT2D eigenvalue weighted by Crippen LogP contribution is -2.31. The lowest BCUT2D eigenvalue weighted by atomic mass is 9.99. The van der Waals surface area contributed by atoms with Crippen LogP contribution < -0.4 is 0 Å². The summed E-state index contributed by atoms with van der Waals surface area (Å²) in [5, 5.41) is 13.7. The number of hydrogen-bond donors (Lipinski definition) is 1. The second-order valence-corrected chi connectivity index (χ2v) is 6.58. The molecule has 1 aliphatic rings. The van der Waals surface area contributed by atoms with E-state index in [1.54, 1.807) is 6.92 Å². The van der Waals surface area contributed by atoms with Crippen LogP contribution in [0.5, 0.6) is 0 Å². The lowest BCUT2D eigenvalue weighted by molar-refractivity contribution is -0.137. The third kappa shape index (κ3) is 4.10. The number of carboxylic acids is 1. The van der Waals surface area contributed by atoms with Crippen LogP contribution in [-0.2, 0) is 19.4 Å². The molecule has 0 saturated heterocycles. The Morgan fingerprint density at radius 3 is 2.61 bits per heavy atom. The van der Waals surface area contributed by atoms with Crippen molar-refractivity contribution < 1.29 is 23.1 Å². The van der Waals surface area contributed by atoms with Gasteiger partial charge in [-0.15, -0.1) is 0 Å². The molecule has 0 saturated carbocycles. The van der Waals surface area contributed by atoms with Crippen LogP contribution in [0.4, 0.5) is 0 Å². The van der Waals surface area contributed by atoms with Gasteiger partial charge in [-0.1, -0.05) is 0 Å². The molecule has 1 rings (SSSR count). The van der Waals surface area contributed by atoms with Crippen molar-refractivity contribution in [1.29, 1.82) is 0 Å². The van der Waals surface area contributed by atoms with Gasteiger partial charge in [-0.25, -0.2) is 13.4 Å². The van der Waals surface area contributed by atoms with Crippen LogP contribution >= 0.6 is 0 Å². The minimum atomic E-state index is -3.15. The number of hydrazone groups is 1. The van der Waals surface area contributed by atoms with E-state index in [9.17, 15) is 18.0 Å². The predicted octanol–water partition coefficient (Wildman–Crippen LogP) is -0.270. The molecule has 7 nitrogen and oxygen atoms in total. The highest BCUT2D eigenvalue weighted by molar-refractivity contribution is 7.90. The Morgan fingerprint density at radius 1 is 1.50 bits per heavy atom. The number of rotatable bonds is 6. The summed E-state index contributed by atoms with van der Waals surface area (Å²) in [5.41, 5.74) is 0.537. The smallest absolute Gasteiger partial charge is 0.303 e. The Morgan fingerprint density at radius 2 is 2.11 bits per heavy atom. The second-order valence-electron chi connectivity index (χ2n) is 4.32. The Balaban J connectivity index is 2.60. The van der Waals surface area contributed by atoms with Crippen molar-refractivity contribution in [2.24, 2.45) is 11.0 Å². The van der Waals surface area contributed by atoms with E-state index in [-0.39, 0.29) is 31.0 Å². The van der Waals surface area contributed by atoms with Gasteiger partial charge >= 0.3 is 5.97 Å². The van der Waals surface area contributed by atoms with E-state index in [0.717, 1.165) is 11.3 Å². The van der Waals surface area contributed by atoms with Crippen molar-refractivity contribution in [3.8, 4) is 0 Å². The quantitative estimate of drug-likeness (QED) is 0.719. The number of carboxylic acid groups (broad SMARTS) is 1. The van der Waals surface area contributed by atoms with E-state index in [2.05, 4.69) is 5.10 Å². The van der Waals surface area contributed by atoms with Crippen LogP contribution in [0.3, 0.4) is 0 Å². The summed E-state index contributed by atoms with van der Waals surface area (Å²) in [4.78, 5) is 22.3. The maximum Gasteiger partial charge on any atom is 0.303 e. The molecule has 1 aliphatic heterocycles. The highest BCUT2D eigenvalue weighted by Crippen LogP contribution is 2.20. The lowest BCUT2D eigenvalue weighted by Gasteiger charge is -2.13. The van der Waals surface area contributed by atoms with Crippen LogP contribution in [-0.4, -0.2) is 54.7 Å². The molecule has 1 N–H and O–H groups in total. The van der Waals surface area contributed by atoms with Gasteiger partial charge < -0.3 is 5.11 Å². The van der Waals surface area contributed by atoms with Crippen molar-refractivity contribution >= 4 is 27.4 Å². The molecule has 0 fully saturated rings. The van der Waals surface area contributed by atoms with E-state index in [4.69, 9.17) is 5.11 Å². The fourth-order valence-corrected chi connectivity index (χ4v) is 2.19. The summed E-state index contributed by atoms with van der Waals surface area (Å²) in [6.45, 7) is 1.66. The van der Waals surface area contributed by atoms with Gasteiger partial charge in [-0.05, 0) is 13.3 Å². The summed E-state index contributed by atoms with van der Waals surface area (Å²) in [7, 11) is -3.15. The van der Waals surface area contributed by atoms with Crippen molar-refractivity contribution in [2.45, 2.75) is 19.8 Å². The fourth-order valence-electron chi connectivity index (χ4n) is 1.68. The zero-order chi connectivity index (χ0) is 13.9. The van der Waals surface area contributed by atoms with Crippen LogP contribution in [0.2, 0.25) is 0 Å². The fraction of sp³-hybridized carbons (Fsp3) is 0.700. The summed E-state index contributed by atoms with van der Waals surface area (Å²) < 4.78 is 22.0. The summed E-state index contributed by atoms with van der Waals surface area (Å²) in [6.07, 6.45) is 1.17. The molecule has 0 bridgehead atoms. The van der Waals surface area contributed by atoms with Crippen molar-refractivity contribution in [3.63, 3.8) is 0 Å². The van der Waals surface area contributed by atoms with E-state index >= 15 is 0 Å². The number of nitrogens with zero attached hydrogens (tertiary/aromatic N) is 2. The average Bonchev–Trinajstić information content (AvgIpc) is 2.47. The number of sulfone groups is 1. The topological polar surface area (TPSA) is 104 Å². The molecule has 18 heavy (non-hydrogen) atoms. The molecule has 0 aromatic carbocycles. The largest absolute Gasteiger partial charge is 0.481 e. The summed E-state index contributed by atoms with van der Waals surface area (Å²) in [6, 6.07) is 0. The van der Waals surface area contributed by atoms with Gasteiger partial charge in [0.15, 0.2) is 0 Å². The maximum atomic E-state index is 11.9. The zero-order valence-electron chi connectivity index (χ0n) is 10.3. The molecular weight excluding hydrogens is 260 g/mol. The standard InChI is InChI=1S/C10H16N2O5S/c1-7-8(3-4-9(13)14)10(15)12(11-7)5-6-18(2,16)17/h8H,3-6H2,1-2H3,(H,13,14). The van der Waals surface area contributed by atoms with E-state index in [1.165, 1.54) is 0 Å². The molecule has 1 heterocycles. The van der Waals surface area contributed by atoms with Crippen LogP contribution in [0.25, 0.3) is 0 Å². The van der Waals surface area contributed by atoms with Crippen LogP contribution in [0.1, 0.15) is 19.8 Å². The summed E-state index contributed by atoms with van der Waals surface area (Å²) >= 11 is 0. The van der Waals surface area contributed by atoms with Gasteiger partial charge in [0.1, 0.15) is 9.84 Å². The van der Waals surface area contributed by atoms with Crippen molar-refractivity contribution in [2.75, 3.05) is 18.6 Å². The highest BCUT2D eigenvalue weighted by atomic mass is 32.2. The Labute approximate surface area is 105 Å². The first kappa shape index (κ1) is 14.6. The number of amides is 1. The average molecular weight is 276 g/mol. The van der Waals surface area contributed by atoms with E-state index < -0.39 is 21.7 Å². The van der Waals surface area contributed by atoms with Gasteiger partial charge in [0.25, 0.3) is 5.91 Å². The third-order valence-corrected chi connectivity index (χ3v) is 3.58. The van der Waals surface area contributed by atoms with Gasteiger partial charge in [0.2, 0.25) is 0 Å². The molecule has 8 heteroatoms. The van der Waals surface area contributed by atoms with Gasteiger partial charge in [-0.3, -0.25) is 9.59 Å². The number of hydrogen-bond acceptors (Lipinski definition) is 5. The molecule has 0 spiro atoms. The number of carbonyl (C=O) groups is 2. The molecule has 102 valence electrons. The van der Waals surface area contributed by atoms with E-state index in [1.807, 2.05) is 0 Å². The Bertz CT molecular complexity index is 482. The molecule has 0 aromatic heterocycles. The van der Waals surface area contributed by atoms with E-state index in [0.29, 0.717) is 5.71 Å². The first-order valence-corrected chi connectivity index (χ1v) is 7.53. The van der Waals surface area contributed by atoms with Crippen LogP contribution in [0.15, 0.2) is 5.10 Å². The van der Waals surface area contributed by atoms with Crippen molar-refractivity contribution in [3.05, 3.63) is 0 Å². The number of carbonyl (C=O) groups excluding carboxylic acids is 1. The third-order valence-electron chi connectivity index (χ3n) is 2.66. The normalized spacial score (nSPS) is 20.1. The van der Waals surface area contributed by atoms with Gasteiger partial charge in [0.05, 0.1) is 18.2 Å². The Hall–Kier alpha value is -1.44. The molecule has 0 aliphatic carbocycles. The zero-order valence-corrected chi connectivity index (χ0v) is 11.1. The van der Waals surface area contributed by atoms with Crippen molar-refractivity contribution in [1.82, 2.24) is 5.01 Å². The summed E-state index contributed by atoms with van der Waals surface area (Å²) in [5.74, 6) is -1.98. The SMILES string of the molecule is CC1=NN(CCS(C)(=O)=O)C(=O)C1CCC(=O)O. The Kier molecular flexibility index (Phi) is 4.44. The maximum absolute atomic E-state index is 11.9. The second kappa shape index (κ2) is 5.47. The molecule has 0 aromatic rings. The predicted molar refractivity (Wildman–Crippen MR) is 64.9 cm³/mol. The monoisotopic (exact) mass is 276 g/mol. The van der Waals surface area contributed by atoms with Crippen LogP contribution in [0, 0.1) is 5.92 Å². The van der Waals surface area contributed by atoms with Gasteiger partial charge in [-0.2, -0.15) is 5.10 Å². The molecule has 1 unspecified atom stereocenters. The molecule has 1 amide bonds. The number of aliphatic carboxylic acids is 1.